The minimum absolute atomic E-state index is 0.134. The van der Waals surface area contributed by atoms with Crippen molar-refractivity contribution in [3.8, 4) is 16.9 Å². The highest BCUT2D eigenvalue weighted by Crippen LogP contribution is 2.48. The van der Waals surface area contributed by atoms with Crippen LogP contribution in [0.4, 0.5) is 0 Å². The quantitative estimate of drug-likeness (QED) is 0.500. The number of fused-ring (bicyclic) bond motifs is 4. The fraction of sp³-hybridized carbons (Fsp3) is 0.231. The maximum atomic E-state index is 10.2. The van der Waals surface area contributed by atoms with Gasteiger partial charge >= 0.3 is 0 Å². The first-order valence-corrected chi connectivity index (χ1v) is 9.79. The van der Waals surface area contributed by atoms with Crippen molar-refractivity contribution in [3.63, 3.8) is 0 Å². The molecule has 0 unspecified atom stereocenters. The molecule has 0 saturated heterocycles. The number of phenolic OH excluding ortho intramolecular Hbond substituents is 1. The van der Waals surface area contributed by atoms with Crippen LogP contribution in [0.2, 0.25) is 0 Å². The standard InChI is InChI=1S/C26H24O/c1-26(2)16-19-7-3-4-8-20(19)23-14-12-18-15-17(11-13-22(18)25(23)26)21-9-5-6-10-24(21)27/h4-6,8-15,27H,3,7,16H2,1-2H3. The third-order valence-electron chi connectivity index (χ3n) is 6.14. The summed E-state index contributed by atoms with van der Waals surface area (Å²) in [5.41, 5.74) is 8.01. The first-order chi connectivity index (χ1) is 13.0. The third kappa shape index (κ3) is 2.53. The molecule has 1 nitrogen and oxygen atoms in total. The van der Waals surface area contributed by atoms with E-state index in [0.29, 0.717) is 5.75 Å². The van der Waals surface area contributed by atoms with E-state index in [-0.39, 0.29) is 5.41 Å². The lowest BCUT2D eigenvalue weighted by atomic mass is 9.67. The van der Waals surface area contributed by atoms with Crippen molar-refractivity contribution in [2.24, 2.45) is 0 Å². The molecule has 0 bridgehead atoms. The molecule has 5 rings (SSSR count). The van der Waals surface area contributed by atoms with E-state index >= 15 is 0 Å². The smallest absolute Gasteiger partial charge is 0.123 e. The van der Waals surface area contributed by atoms with Gasteiger partial charge in [-0.25, -0.2) is 0 Å². The highest BCUT2D eigenvalue weighted by Gasteiger charge is 2.33. The van der Waals surface area contributed by atoms with Crippen LogP contribution in [0.5, 0.6) is 5.75 Å². The Kier molecular flexibility index (Phi) is 3.55. The van der Waals surface area contributed by atoms with Crippen LogP contribution in [0, 0.1) is 0 Å². The van der Waals surface area contributed by atoms with Gasteiger partial charge in [-0.1, -0.05) is 74.0 Å². The van der Waals surface area contributed by atoms with Gasteiger partial charge in [0.25, 0.3) is 0 Å². The van der Waals surface area contributed by atoms with Gasteiger partial charge in [0.15, 0.2) is 0 Å². The lowest BCUT2D eigenvalue weighted by Gasteiger charge is -2.37. The fourth-order valence-corrected chi connectivity index (χ4v) is 4.97. The predicted molar refractivity (Wildman–Crippen MR) is 114 cm³/mol. The second-order valence-electron chi connectivity index (χ2n) is 8.46. The molecule has 1 N–H and O–H groups in total. The van der Waals surface area contributed by atoms with Gasteiger partial charge in [0.05, 0.1) is 0 Å². The van der Waals surface area contributed by atoms with Crippen LogP contribution in [0.25, 0.3) is 27.5 Å². The van der Waals surface area contributed by atoms with Gasteiger partial charge in [0.2, 0.25) is 0 Å². The summed E-state index contributed by atoms with van der Waals surface area (Å²) in [5, 5.41) is 12.8. The zero-order valence-corrected chi connectivity index (χ0v) is 15.9. The molecular weight excluding hydrogens is 328 g/mol. The minimum atomic E-state index is 0.134. The van der Waals surface area contributed by atoms with Crippen LogP contribution >= 0.6 is 0 Å². The average Bonchev–Trinajstić information content (AvgIpc) is 2.67. The van der Waals surface area contributed by atoms with Crippen molar-refractivity contribution in [1.29, 1.82) is 0 Å². The summed E-state index contributed by atoms with van der Waals surface area (Å²) in [7, 11) is 0. The summed E-state index contributed by atoms with van der Waals surface area (Å²) in [5.74, 6) is 0.331. The number of aromatic hydroxyl groups is 1. The number of phenols is 1. The summed E-state index contributed by atoms with van der Waals surface area (Å²) in [6.45, 7) is 4.76. The Labute approximate surface area is 160 Å². The first-order valence-electron chi connectivity index (χ1n) is 9.79. The highest BCUT2D eigenvalue weighted by atomic mass is 16.3. The lowest BCUT2D eigenvalue weighted by Crippen LogP contribution is -2.25. The van der Waals surface area contributed by atoms with Crippen LogP contribution in [-0.4, -0.2) is 5.11 Å². The highest BCUT2D eigenvalue weighted by molar-refractivity contribution is 5.97. The summed E-state index contributed by atoms with van der Waals surface area (Å²) < 4.78 is 0. The first kappa shape index (κ1) is 16.4. The molecule has 134 valence electrons. The summed E-state index contributed by atoms with van der Waals surface area (Å²) >= 11 is 0. The van der Waals surface area contributed by atoms with E-state index in [1.54, 1.807) is 11.6 Å². The van der Waals surface area contributed by atoms with Gasteiger partial charge in [-0.2, -0.15) is 0 Å². The molecule has 27 heavy (non-hydrogen) atoms. The second kappa shape index (κ2) is 5.85. The van der Waals surface area contributed by atoms with E-state index in [0.717, 1.165) is 17.5 Å². The zero-order chi connectivity index (χ0) is 18.6. The molecule has 2 aliphatic carbocycles. The molecule has 3 aromatic rings. The molecule has 0 spiro atoms. The average molecular weight is 352 g/mol. The van der Waals surface area contributed by atoms with E-state index in [1.807, 2.05) is 18.2 Å². The van der Waals surface area contributed by atoms with Crippen molar-refractivity contribution in [2.45, 2.75) is 38.5 Å². The summed E-state index contributed by atoms with van der Waals surface area (Å²) in [6.07, 6.45) is 8.14. The van der Waals surface area contributed by atoms with Crippen molar-refractivity contribution in [1.82, 2.24) is 0 Å². The zero-order valence-electron chi connectivity index (χ0n) is 15.9. The van der Waals surface area contributed by atoms with Gasteiger partial charge in [-0.3, -0.25) is 0 Å². The molecule has 0 atom stereocenters. The molecular formula is C26H24O. The van der Waals surface area contributed by atoms with Crippen molar-refractivity contribution in [2.75, 3.05) is 0 Å². The molecule has 0 heterocycles. The van der Waals surface area contributed by atoms with Gasteiger partial charge < -0.3 is 5.11 Å². The molecule has 1 heteroatoms. The van der Waals surface area contributed by atoms with E-state index in [1.165, 1.54) is 40.3 Å². The van der Waals surface area contributed by atoms with Crippen LogP contribution < -0.4 is 0 Å². The van der Waals surface area contributed by atoms with Crippen LogP contribution in [0.3, 0.4) is 0 Å². The molecule has 0 aliphatic heterocycles. The Morgan fingerprint density at radius 1 is 0.926 bits per heavy atom. The van der Waals surface area contributed by atoms with Crippen molar-refractivity contribution in [3.05, 3.63) is 83.4 Å². The monoisotopic (exact) mass is 352 g/mol. The Bertz CT molecular complexity index is 1130. The number of benzene rings is 3. The van der Waals surface area contributed by atoms with Gasteiger partial charge in [0, 0.05) is 5.56 Å². The molecule has 0 amide bonds. The number of hydrogen-bond donors (Lipinski definition) is 1. The molecule has 0 fully saturated rings. The Hall–Kier alpha value is -2.80. The second-order valence-corrected chi connectivity index (χ2v) is 8.46. The predicted octanol–water partition coefficient (Wildman–Crippen LogP) is 7.00. The van der Waals surface area contributed by atoms with E-state index in [2.05, 4.69) is 56.3 Å². The van der Waals surface area contributed by atoms with Crippen LogP contribution in [-0.2, 0) is 5.41 Å². The van der Waals surface area contributed by atoms with E-state index in [4.69, 9.17) is 0 Å². The van der Waals surface area contributed by atoms with Gasteiger partial charge in [-0.05, 0) is 69.8 Å². The summed E-state index contributed by atoms with van der Waals surface area (Å²) in [6, 6.07) is 18.7. The molecule has 0 saturated carbocycles. The number of allylic oxidation sites excluding steroid dienone is 4. The number of rotatable bonds is 1. The summed E-state index contributed by atoms with van der Waals surface area (Å²) in [4.78, 5) is 0. The van der Waals surface area contributed by atoms with Crippen molar-refractivity contribution >= 4 is 16.3 Å². The SMILES string of the molecule is CC1(C)CC2=C(C=CCC2)c2ccc3cc(-c4ccccc4O)ccc3c21. The Morgan fingerprint density at radius 2 is 1.78 bits per heavy atom. The molecule has 0 aromatic heterocycles. The lowest BCUT2D eigenvalue weighted by molar-refractivity contribution is 0.477. The normalized spacial score (nSPS) is 17.7. The van der Waals surface area contributed by atoms with Gasteiger partial charge in [-0.15, -0.1) is 0 Å². The maximum Gasteiger partial charge on any atom is 0.123 e. The molecule has 3 aromatic carbocycles. The Morgan fingerprint density at radius 3 is 2.63 bits per heavy atom. The number of hydrogen-bond acceptors (Lipinski definition) is 1. The molecule has 2 aliphatic rings. The topological polar surface area (TPSA) is 20.2 Å². The number of para-hydroxylation sites is 1. The fourth-order valence-electron chi connectivity index (χ4n) is 4.97. The van der Waals surface area contributed by atoms with Crippen molar-refractivity contribution < 1.29 is 5.11 Å². The maximum absolute atomic E-state index is 10.2. The minimum Gasteiger partial charge on any atom is -0.507 e. The van der Waals surface area contributed by atoms with Crippen LogP contribution in [0.15, 0.2) is 72.3 Å². The van der Waals surface area contributed by atoms with E-state index < -0.39 is 0 Å². The largest absolute Gasteiger partial charge is 0.507 e. The molecule has 0 radical (unpaired) electrons. The van der Waals surface area contributed by atoms with Crippen LogP contribution in [0.1, 0.15) is 44.2 Å². The third-order valence-corrected chi connectivity index (χ3v) is 6.14. The van der Waals surface area contributed by atoms with E-state index in [9.17, 15) is 5.11 Å². The Balaban J connectivity index is 1.75. The van der Waals surface area contributed by atoms with Gasteiger partial charge in [0.1, 0.15) is 5.75 Å².